The van der Waals surface area contributed by atoms with Gasteiger partial charge in [-0.05, 0) is 127 Å². The van der Waals surface area contributed by atoms with Crippen LogP contribution in [0.3, 0.4) is 0 Å². The Bertz CT molecular complexity index is 2540. The molecule has 10 rings (SSSR count). The standard InChI is InChI=1S/C47H39N/c1-30-26-27-46(2)42-28-34(20-25-43(42)48(47(46,3)29-30)35-12-5-4-6-13-35)37-21-16-32-19-24-41-39(22-17-33-18-23-40(37)44(32)45(33)41)38-15-9-11-31-10-7-8-14-36(31)38/h4-25,28,30H,26-27,29H2,1-3H3. The fourth-order valence-electron chi connectivity index (χ4n) is 9.93. The molecule has 0 bridgehead atoms. The molecule has 8 aromatic rings. The number of rotatable bonds is 3. The first-order chi connectivity index (χ1) is 23.4. The molecule has 1 saturated carbocycles. The molecular formula is C47H39N. The lowest BCUT2D eigenvalue weighted by Gasteiger charge is -2.52. The van der Waals surface area contributed by atoms with Crippen LogP contribution in [0.4, 0.5) is 11.4 Å². The number of anilines is 2. The van der Waals surface area contributed by atoms with Gasteiger partial charge in [0, 0.05) is 16.8 Å². The number of fused-ring (bicyclic) bond motifs is 4. The average Bonchev–Trinajstić information content (AvgIpc) is 3.32. The zero-order chi connectivity index (χ0) is 32.2. The quantitative estimate of drug-likeness (QED) is 0.178. The Balaban J connectivity index is 1.19. The second-order valence-corrected chi connectivity index (χ2v) is 15.0. The second kappa shape index (κ2) is 9.94. The first-order valence-corrected chi connectivity index (χ1v) is 17.6. The van der Waals surface area contributed by atoms with E-state index in [0.29, 0.717) is 5.92 Å². The maximum atomic E-state index is 2.68. The minimum Gasteiger partial charge on any atom is -0.334 e. The molecule has 1 heterocycles. The Labute approximate surface area is 282 Å². The highest BCUT2D eigenvalue weighted by molar-refractivity contribution is 6.28. The normalized spacial score (nSPS) is 22.1. The highest BCUT2D eigenvalue weighted by Crippen LogP contribution is 2.62. The number of hydrogen-bond donors (Lipinski definition) is 0. The molecule has 1 aliphatic heterocycles. The summed E-state index contributed by atoms with van der Waals surface area (Å²) in [6.07, 6.45) is 3.68. The lowest BCUT2D eigenvalue weighted by atomic mass is 9.59. The van der Waals surface area contributed by atoms with Crippen LogP contribution < -0.4 is 4.90 Å². The summed E-state index contributed by atoms with van der Waals surface area (Å²) in [4.78, 5) is 2.68. The molecule has 0 N–H and O–H groups in total. The van der Waals surface area contributed by atoms with E-state index in [4.69, 9.17) is 0 Å². The lowest BCUT2D eigenvalue weighted by Crippen LogP contribution is -2.56. The molecule has 8 aromatic carbocycles. The van der Waals surface area contributed by atoms with Crippen molar-refractivity contribution in [2.45, 2.75) is 51.0 Å². The number of para-hydroxylation sites is 1. The molecule has 0 spiro atoms. The van der Waals surface area contributed by atoms with Crippen LogP contribution in [0.15, 0.2) is 140 Å². The van der Waals surface area contributed by atoms with E-state index in [9.17, 15) is 0 Å². The zero-order valence-electron chi connectivity index (χ0n) is 27.9. The van der Waals surface area contributed by atoms with Gasteiger partial charge in [-0.25, -0.2) is 0 Å². The first kappa shape index (κ1) is 27.9. The van der Waals surface area contributed by atoms with Gasteiger partial charge >= 0.3 is 0 Å². The highest BCUT2D eigenvalue weighted by atomic mass is 15.3. The molecule has 232 valence electrons. The van der Waals surface area contributed by atoms with E-state index in [2.05, 4.69) is 165 Å². The molecule has 1 heteroatoms. The Hall–Kier alpha value is -5.14. The Morgan fingerprint density at radius 3 is 2.00 bits per heavy atom. The van der Waals surface area contributed by atoms with Crippen molar-refractivity contribution >= 4 is 54.5 Å². The van der Waals surface area contributed by atoms with E-state index in [-0.39, 0.29) is 11.0 Å². The fraction of sp³-hybridized carbons (Fsp3) is 0.191. The number of benzene rings is 8. The summed E-state index contributed by atoms with van der Waals surface area (Å²) in [7, 11) is 0. The third-order valence-electron chi connectivity index (χ3n) is 12.5. The Morgan fingerprint density at radius 1 is 0.562 bits per heavy atom. The summed E-state index contributed by atoms with van der Waals surface area (Å²) < 4.78 is 0. The van der Waals surface area contributed by atoms with Gasteiger partial charge in [-0.15, -0.1) is 0 Å². The molecule has 1 aliphatic carbocycles. The van der Waals surface area contributed by atoms with E-state index in [1.165, 1.54) is 102 Å². The van der Waals surface area contributed by atoms with Gasteiger partial charge in [-0.3, -0.25) is 0 Å². The third-order valence-corrected chi connectivity index (χ3v) is 12.5. The van der Waals surface area contributed by atoms with Crippen molar-refractivity contribution in [3.8, 4) is 22.3 Å². The molecule has 0 amide bonds. The van der Waals surface area contributed by atoms with Crippen molar-refractivity contribution in [3.05, 3.63) is 145 Å². The van der Waals surface area contributed by atoms with Crippen LogP contribution in [0.2, 0.25) is 0 Å². The molecule has 2 aliphatic rings. The van der Waals surface area contributed by atoms with Crippen LogP contribution in [-0.4, -0.2) is 5.54 Å². The summed E-state index contributed by atoms with van der Waals surface area (Å²) >= 11 is 0. The maximum absolute atomic E-state index is 2.68. The molecule has 0 aromatic heterocycles. The van der Waals surface area contributed by atoms with Gasteiger partial charge in [0.2, 0.25) is 0 Å². The van der Waals surface area contributed by atoms with Crippen LogP contribution in [0.1, 0.15) is 45.6 Å². The number of nitrogens with zero attached hydrogens (tertiary/aromatic N) is 1. The predicted octanol–water partition coefficient (Wildman–Crippen LogP) is 13.1. The summed E-state index contributed by atoms with van der Waals surface area (Å²) in [5.41, 5.74) is 9.51. The van der Waals surface area contributed by atoms with E-state index in [1.54, 1.807) is 0 Å². The van der Waals surface area contributed by atoms with Crippen molar-refractivity contribution in [1.82, 2.24) is 0 Å². The van der Waals surface area contributed by atoms with Gasteiger partial charge in [0.25, 0.3) is 0 Å². The first-order valence-electron chi connectivity index (χ1n) is 17.6. The molecule has 0 radical (unpaired) electrons. The van der Waals surface area contributed by atoms with Crippen molar-refractivity contribution < 1.29 is 0 Å². The van der Waals surface area contributed by atoms with E-state index in [0.717, 1.165) is 0 Å². The minimum absolute atomic E-state index is 0.0215. The maximum Gasteiger partial charge on any atom is 0.0520 e. The van der Waals surface area contributed by atoms with Crippen molar-refractivity contribution in [3.63, 3.8) is 0 Å². The molecule has 3 unspecified atom stereocenters. The molecule has 0 saturated heterocycles. The number of hydrogen-bond acceptors (Lipinski definition) is 1. The van der Waals surface area contributed by atoms with Crippen LogP contribution in [0, 0.1) is 5.92 Å². The van der Waals surface area contributed by atoms with Crippen molar-refractivity contribution in [2.75, 3.05) is 4.90 Å². The smallest absolute Gasteiger partial charge is 0.0520 e. The van der Waals surface area contributed by atoms with Gasteiger partial charge < -0.3 is 4.90 Å². The zero-order valence-corrected chi connectivity index (χ0v) is 27.9. The largest absolute Gasteiger partial charge is 0.334 e. The minimum atomic E-state index is 0.0215. The van der Waals surface area contributed by atoms with Gasteiger partial charge in [-0.2, -0.15) is 0 Å². The van der Waals surface area contributed by atoms with E-state index in [1.807, 2.05) is 0 Å². The van der Waals surface area contributed by atoms with Crippen molar-refractivity contribution in [2.24, 2.45) is 5.92 Å². The van der Waals surface area contributed by atoms with Crippen LogP contribution >= 0.6 is 0 Å². The topological polar surface area (TPSA) is 3.24 Å². The molecule has 1 fully saturated rings. The van der Waals surface area contributed by atoms with Crippen LogP contribution in [-0.2, 0) is 5.41 Å². The molecule has 1 nitrogen and oxygen atoms in total. The average molecular weight is 618 g/mol. The van der Waals surface area contributed by atoms with Gasteiger partial charge in [0.1, 0.15) is 0 Å². The third kappa shape index (κ3) is 3.68. The second-order valence-electron chi connectivity index (χ2n) is 15.0. The van der Waals surface area contributed by atoms with Crippen LogP contribution in [0.5, 0.6) is 0 Å². The van der Waals surface area contributed by atoms with Gasteiger partial charge in [0.05, 0.1) is 5.54 Å². The summed E-state index contributed by atoms with van der Waals surface area (Å²) in [6.45, 7) is 7.52. The Morgan fingerprint density at radius 2 is 1.21 bits per heavy atom. The van der Waals surface area contributed by atoms with Gasteiger partial charge in [-0.1, -0.05) is 129 Å². The van der Waals surface area contributed by atoms with Crippen molar-refractivity contribution in [1.29, 1.82) is 0 Å². The monoisotopic (exact) mass is 617 g/mol. The summed E-state index contributed by atoms with van der Waals surface area (Å²) in [6, 6.07) is 52.6. The summed E-state index contributed by atoms with van der Waals surface area (Å²) in [5.74, 6) is 0.708. The van der Waals surface area contributed by atoms with Gasteiger partial charge in [0.15, 0.2) is 0 Å². The molecule has 3 atom stereocenters. The predicted molar refractivity (Wildman–Crippen MR) is 206 cm³/mol. The Kier molecular flexibility index (Phi) is 5.78. The van der Waals surface area contributed by atoms with E-state index >= 15 is 0 Å². The lowest BCUT2D eigenvalue weighted by molar-refractivity contribution is 0.154. The van der Waals surface area contributed by atoms with E-state index < -0.39 is 0 Å². The molecule has 48 heavy (non-hydrogen) atoms. The van der Waals surface area contributed by atoms with Crippen LogP contribution in [0.25, 0.3) is 65.3 Å². The fourth-order valence-corrected chi connectivity index (χ4v) is 9.93. The molecular weight excluding hydrogens is 579 g/mol. The highest BCUT2D eigenvalue weighted by Gasteiger charge is 2.58. The SMILES string of the molecule is CC1CCC2(C)c3cc(-c4ccc5ccc6c(-c7cccc8ccccc78)ccc7ccc4c5c76)ccc3N(c3ccccc3)C2(C)C1. The summed E-state index contributed by atoms with van der Waals surface area (Å²) in [5, 5.41) is 10.6.